The van der Waals surface area contributed by atoms with Gasteiger partial charge in [-0.2, -0.15) is 0 Å². The van der Waals surface area contributed by atoms with Gasteiger partial charge in [-0.1, -0.05) is 51.6 Å². The fraction of sp³-hybridized carbons (Fsp3) is 0.308. The Kier molecular flexibility index (Phi) is 2.90. The van der Waals surface area contributed by atoms with Gasteiger partial charge in [0.15, 0.2) is 0 Å². The monoisotopic (exact) mass is 188 g/mol. The van der Waals surface area contributed by atoms with E-state index >= 15 is 0 Å². The van der Waals surface area contributed by atoms with E-state index in [1.54, 1.807) is 0 Å². The Morgan fingerprint density at radius 3 is 2.36 bits per heavy atom. The average molecular weight is 188 g/mol. The summed E-state index contributed by atoms with van der Waals surface area (Å²) in [7, 11) is 0. The summed E-state index contributed by atoms with van der Waals surface area (Å²) in [5.41, 5.74) is 2.71. The van der Waals surface area contributed by atoms with Crippen LogP contribution in [0, 0.1) is 0 Å². The van der Waals surface area contributed by atoms with Crippen LogP contribution in [-0.2, 0) is 10.2 Å². The van der Waals surface area contributed by atoms with Gasteiger partial charge in [0, 0.05) is 5.57 Å². The molecule has 0 N–H and O–H groups in total. The second-order valence-electron chi connectivity index (χ2n) is 4.44. The number of aldehydes is 1. The molecule has 0 saturated carbocycles. The lowest BCUT2D eigenvalue weighted by Crippen LogP contribution is -2.13. The van der Waals surface area contributed by atoms with Crippen molar-refractivity contribution in [3.05, 3.63) is 42.0 Å². The maximum absolute atomic E-state index is 10.7. The molecule has 0 spiro atoms. The van der Waals surface area contributed by atoms with Crippen LogP contribution in [0.4, 0.5) is 0 Å². The summed E-state index contributed by atoms with van der Waals surface area (Å²) in [5.74, 6) is 0. The van der Waals surface area contributed by atoms with Gasteiger partial charge in [-0.3, -0.25) is 4.79 Å². The summed E-state index contributed by atoms with van der Waals surface area (Å²) in [6.07, 6.45) is 0.810. The minimum absolute atomic E-state index is 0.0442. The van der Waals surface area contributed by atoms with Crippen molar-refractivity contribution in [3.8, 4) is 0 Å². The summed E-state index contributed by atoms with van der Waals surface area (Å²) in [5, 5.41) is 0. The second-order valence-corrected chi connectivity index (χ2v) is 4.44. The molecule has 0 fully saturated rings. The predicted octanol–water partition coefficient (Wildman–Crippen LogP) is 3.20. The van der Waals surface area contributed by atoms with Gasteiger partial charge in [0.2, 0.25) is 0 Å². The molecule has 1 aromatic rings. The number of hydrogen-bond acceptors (Lipinski definition) is 1. The molecule has 0 aliphatic carbocycles. The molecule has 0 unspecified atom stereocenters. The third-order valence-electron chi connectivity index (χ3n) is 2.22. The van der Waals surface area contributed by atoms with Crippen LogP contribution in [0.3, 0.4) is 0 Å². The van der Waals surface area contributed by atoms with Crippen LogP contribution in [0.5, 0.6) is 0 Å². The lowest BCUT2D eigenvalue weighted by atomic mass is 9.82. The first-order valence-electron chi connectivity index (χ1n) is 4.71. The fourth-order valence-electron chi connectivity index (χ4n) is 1.48. The van der Waals surface area contributed by atoms with E-state index in [1.807, 2.05) is 24.3 Å². The second kappa shape index (κ2) is 3.79. The number of allylic oxidation sites excluding steroid dienone is 1. The highest BCUT2D eigenvalue weighted by atomic mass is 16.1. The third kappa shape index (κ3) is 2.11. The highest BCUT2D eigenvalue weighted by Crippen LogP contribution is 2.28. The number of benzene rings is 1. The Balaban J connectivity index is 3.30. The average Bonchev–Trinajstić information content (AvgIpc) is 2.15. The molecule has 0 aromatic heterocycles. The van der Waals surface area contributed by atoms with Crippen LogP contribution in [-0.4, -0.2) is 6.29 Å². The van der Waals surface area contributed by atoms with E-state index in [-0.39, 0.29) is 5.41 Å². The molecule has 0 radical (unpaired) electrons. The Hall–Kier alpha value is -1.37. The van der Waals surface area contributed by atoms with Crippen LogP contribution in [0.25, 0.3) is 5.57 Å². The van der Waals surface area contributed by atoms with E-state index in [1.165, 1.54) is 0 Å². The van der Waals surface area contributed by atoms with Crippen LogP contribution < -0.4 is 0 Å². The lowest BCUT2D eigenvalue weighted by molar-refractivity contribution is -0.103. The number of carbonyl (C=O) groups excluding carboxylic acids is 1. The van der Waals surface area contributed by atoms with E-state index in [4.69, 9.17) is 0 Å². The van der Waals surface area contributed by atoms with Gasteiger partial charge >= 0.3 is 0 Å². The first-order chi connectivity index (χ1) is 6.46. The van der Waals surface area contributed by atoms with Crippen molar-refractivity contribution in [2.75, 3.05) is 0 Å². The van der Waals surface area contributed by atoms with Crippen molar-refractivity contribution in [1.29, 1.82) is 0 Å². The third-order valence-corrected chi connectivity index (χ3v) is 2.22. The summed E-state index contributed by atoms with van der Waals surface area (Å²) in [4.78, 5) is 10.7. The zero-order valence-electron chi connectivity index (χ0n) is 9.00. The molecule has 0 atom stereocenters. The van der Waals surface area contributed by atoms with Gasteiger partial charge in [-0.05, 0) is 16.5 Å². The highest BCUT2D eigenvalue weighted by molar-refractivity contribution is 6.06. The van der Waals surface area contributed by atoms with Crippen LogP contribution in [0.1, 0.15) is 31.9 Å². The summed E-state index contributed by atoms with van der Waals surface area (Å²) in [6, 6.07) is 7.91. The Bertz CT molecular complexity index is 356. The van der Waals surface area contributed by atoms with Crippen molar-refractivity contribution in [1.82, 2.24) is 0 Å². The Labute approximate surface area is 85.5 Å². The molecule has 1 rings (SSSR count). The van der Waals surface area contributed by atoms with Crippen molar-refractivity contribution in [2.45, 2.75) is 26.2 Å². The summed E-state index contributed by atoms with van der Waals surface area (Å²) >= 11 is 0. The zero-order chi connectivity index (χ0) is 10.8. The van der Waals surface area contributed by atoms with E-state index in [0.717, 1.165) is 17.4 Å². The molecule has 1 nitrogen and oxygen atoms in total. The maximum atomic E-state index is 10.7. The molecule has 1 heteroatoms. The molecule has 74 valence electrons. The molecule has 0 amide bonds. The van der Waals surface area contributed by atoms with E-state index in [0.29, 0.717) is 5.57 Å². The minimum Gasteiger partial charge on any atom is -0.298 e. The standard InChI is InChI=1S/C13H16O/c1-10(9-14)11-7-5-6-8-12(11)13(2,3)4/h5-9H,1H2,2-4H3. The SMILES string of the molecule is C=C(C=O)c1ccccc1C(C)(C)C. The topological polar surface area (TPSA) is 17.1 Å². The molecule has 0 aliphatic heterocycles. The van der Waals surface area contributed by atoms with E-state index in [9.17, 15) is 4.79 Å². The lowest BCUT2D eigenvalue weighted by Gasteiger charge is -2.22. The fourth-order valence-corrected chi connectivity index (χ4v) is 1.48. The Morgan fingerprint density at radius 2 is 1.86 bits per heavy atom. The molecule has 0 bridgehead atoms. The highest BCUT2D eigenvalue weighted by Gasteiger charge is 2.17. The van der Waals surface area contributed by atoms with Gasteiger partial charge in [-0.25, -0.2) is 0 Å². The van der Waals surface area contributed by atoms with Gasteiger partial charge in [0.05, 0.1) is 0 Å². The molecular formula is C13H16O. The van der Waals surface area contributed by atoms with Crippen molar-refractivity contribution >= 4 is 11.9 Å². The van der Waals surface area contributed by atoms with Crippen molar-refractivity contribution in [3.63, 3.8) is 0 Å². The molecule has 0 saturated heterocycles. The molecular weight excluding hydrogens is 172 g/mol. The molecule has 1 aromatic carbocycles. The quantitative estimate of drug-likeness (QED) is 0.514. The summed E-state index contributed by atoms with van der Waals surface area (Å²) < 4.78 is 0. The number of rotatable bonds is 2. The van der Waals surface area contributed by atoms with Crippen LogP contribution in [0.15, 0.2) is 30.8 Å². The first kappa shape index (κ1) is 10.7. The number of hydrogen-bond donors (Lipinski definition) is 0. The molecule has 0 aliphatic rings. The molecule has 14 heavy (non-hydrogen) atoms. The van der Waals surface area contributed by atoms with Gasteiger partial charge < -0.3 is 0 Å². The zero-order valence-corrected chi connectivity index (χ0v) is 9.00. The normalized spacial score (nSPS) is 11.1. The van der Waals surface area contributed by atoms with Crippen LogP contribution >= 0.6 is 0 Å². The van der Waals surface area contributed by atoms with E-state index in [2.05, 4.69) is 27.4 Å². The minimum atomic E-state index is 0.0442. The van der Waals surface area contributed by atoms with Gasteiger partial charge in [0.1, 0.15) is 6.29 Å². The van der Waals surface area contributed by atoms with Gasteiger partial charge in [0.25, 0.3) is 0 Å². The van der Waals surface area contributed by atoms with Crippen molar-refractivity contribution in [2.24, 2.45) is 0 Å². The number of carbonyl (C=O) groups is 1. The summed E-state index contributed by atoms with van der Waals surface area (Å²) in [6.45, 7) is 10.1. The van der Waals surface area contributed by atoms with Crippen molar-refractivity contribution < 1.29 is 4.79 Å². The maximum Gasteiger partial charge on any atom is 0.150 e. The predicted molar refractivity (Wildman–Crippen MR) is 60.2 cm³/mol. The van der Waals surface area contributed by atoms with Gasteiger partial charge in [-0.15, -0.1) is 0 Å². The first-order valence-corrected chi connectivity index (χ1v) is 4.71. The Morgan fingerprint density at radius 1 is 1.29 bits per heavy atom. The smallest absolute Gasteiger partial charge is 0.150 e. The van der Waals surface area contributed by atoms with E-state index < -0.39 is 0 Å². The molecule has 0 heterocycles. The largest absolute Gasteiger partial charge is 0.298 e. The van der Waals surface area contributed by atoms with Crippen LogP contribution in [0.2, 0.25) is 0 Å².